The molecule has 8 heteroatoms. The highest BCUT2D eigenvalue weighted by molar-refractivity contribution is 7.89. The number of halogens is 1. The number of hydrogen-bond acceptors (Lipinski definition) is 5. The molecule has 0 amide bonds. The summed E-state index contributed by atoms with van der Waals surface area (Å²) in [7, 11) is -2.01. The normalized spacial score (nSPS) is 14.4. The topological polar surface area (TPSA) is 72.4 Å². The van der Waals surface area contributed by atoms with Crippen LogP contribution < -0.4 is 4.74 Å². The molecule has 0 aliphatic carbocycles. The summed E-state index contributed by atoms with van der Waals surface area (Å²) in [5, 5.41) is 0.441. The highest BCUT2D eigenvalue weighted by Crippen LogP contribution is 2.28. The summed E-state index contributed by atoms with van der Waals surface area (Å²) in [5.74, 6) is 1.39. The lowest BCUT2D eigenvalue weighted by atomic mass is 10.1. The van der Waals surface area contributed by atoms with Crippen molar-refractivity contribution in [3.05, 3.63) is 70.5 Å². The van der Waals surface area contributed by atoms with Gasteiger partial charge in [-0.15, -0.1) is 0 Å². The molecule has 2 heterocycles. The van der Waals surface area contributed by atoms with Crippen molar-refractivity contribution >= 4 is 21.6 Å². The van der Waals surface area contributed by atoms with E-state index in [2.05, 4.69) is 9.97 Å². The number of ether oxygens (including phenoxy) is 1. The molecule has 4 rings (SSSR count). The summed E-state index contributed by atoms with van der Waals surface area (Å²) in [4.78, 5) is 9.30. The van der Waals surface area contributed by atoms with Crippen LogP contribution in [0.5, 0.6) is 5.75 Å². The average Bonchev–Trinajstić information content (AvgIpc) is 2.75. The minimum atomic E-state index is -3.63. The quantitative estimate of drug-likeness (QED) is 0.629. The van der Waals surface area contributed by atoms with Crippen molar-refractivity contribution in [1.82, 2.24) is 14.3 Å². The lowest BCUT2D eigenvalue weighted by molar-refractivity contribution is 0.387. The third-order valence-electron chi connectivity index (χ3n) is 5.03. The number of aromatic nitrogens is 2. The molecule has 1 aromatic heterocycles. The van der Waals surface area contributed by atoms with E-state index in [1.54, 1.807) is 25.4 Å². The Kier molecular flexibility index (Phi) is 5.29. The zero-order chi connectivity index (χ0) is 20.6. The summed E-state index contributed by atoms with van der Waals surface area (Å²) >= 11 is 6.12. The molecule has 0 unspecified atom stereocenters. The second-order valence-corrected chi connectivity index (χ2v) is 9.24. The number of nitrogens with zero attached hydrogens (tertiary/aromatic N) is 3. The van der Waals surface area contributed by atoms with Crippen molar-refractivity contribution in [3.8, 4) is 17.1 Å². The van der Waals surface area contributed by atoms with E-state index in [1.807, 2.05) is 31.2 Å². The standard InChI is InChI=1S/C21H20ClN3O3S/c1-14-3-8-18(11-19(14)22)29(26,27)25-10-9-20-16(13-25)12-23-21(24-20)15-4-6-17(28-2)7-5-15/h3-8,11-12H,9-10,13H2,1-2H3. The number of hydrogen-bond donors (Lipinski definition) is 0. The zero-order valence-corrected chi connectivity index (χ0v) is 17.7. The van der Waals surface area contributed by atoms with Gasteiger partial charge in [-0.05, 0) is 48.9 Å². The molecule has 1 aliphatic rings. The lowest BCUT2D eigenvalue weighted by Gasteiger charge is -2.27. The summed E-state index contributed by atoms with van der Waals surface area (Å²) in [5.41, 5.74) is 3.42. The summed E-state index contributed by atoms with van der Waals surface area (Å²) < 4.78 is 32.7. The van der Waals surface area contributed by atoms with E-state index in [4.69, 9.17) is 16.3 Å². The molecule has 3 aromatic rings. The highest BCUT2D eigenvalue weighted by atomic mass is 35.5. The number of methoxy groups -OCH3 is 1. The maximum atomic E-state index is 13.0. The minimum Gasteiger partial charge on any atom is -0.497 e. The third kappa shape index (κ3) is 3.85. The molecular weight excluding hydrogens is 410 g/mol. The van der Waals surface area contributed by atoms with Gasteiger partial charge >= 0.3 is 0 Å². The first-order chi connectivity index (χ1) is 13.9. The van der Waals surface area contributed by atoms with Gasteiger partial charge in [0.1, 0.15) is 5.75 Å². The van der Waals surface area contributed by atoms with Gasteiger partial charge in [0.05, 0.1) is 17.7 Å². The molecule has 0 fully saturated rings. The number of benzene rings is 2. The van der Waals surface area contributed by atoms with Gasteiger partial charge in [0.15, 0.2) is 5.82 Å². The third-order valence-corrected chi connectivity index (χ3v) is 7.28. The SMILES string of the molecule is COc1ccc(-c2ncc3c(n2)CCN(S(=O)(=O)c2ccc(C)c(Cl)c2)C3)cc1. The monoisotopic (exact) mass is 429 g/mol. The van der Waals surface area contributed by atoms with E-state index in [0.29, 0.717) is 23.8 Å². The van der Waals surface area contributed by atoms with Gasteiger partial charge in [0.2, 0.25) is 10.0 Å². The van der Waals surface area contributed by atoms with Crippen LogP contribution in [0.1, 0.15) is 16.8 Å². The molecule has 0 saturated carbocycles. The fourth-order valence-electron chi connectivity index (χ4n) is 3.26. The lowest BCUT2D eigenvalue weighted by Crippen LogP contribution is -2.36. The molecule has 29 heavy (non-hydrogen) atoms. The van der Waals surface area contributed by atoms with Crippen LogP contribution in [-0.2, 0) is 23.0 Å². The highest BCUT2D eigenvalue weighted by Gasteiger charge is 2.29. The first-order valence-corrected chi connectivity index (χ1v) is 11.0. The largest absolute Gasteiger partial charge is 0.497 e. The van der Waals surface area contributed by atoms with E-state index >= 15 is 0 Å². The molecule has 2 aromatic carbocycles. The van der Waals surface area contributed by atoms with Crippen molar-refractivity contribution < 1.29 is 13.2 Å². The van der Waals surface area contributed by atoms with E-state index in [-0.39, 0.29) is 11.4 Å². The van der Waals surface area contributed by atoms with Gasteiger partial charge in [-0.3, -0.25) is 0 Å². The fourth-order valence-corrected chi connectivity index (χ4v) is 4.95. The predicted octanol–water partition coefficient (Wildman–Crippen LogP) is 3.86. The van der Waals surface area contributed by atoms with E-state index < -0.39 is 10.0 Å². The van der Waals surface area contributed by atoms with Gasteiger partial charge in [0, 0.05) is 41.9 Å². The summed E-state index contributed by atoms with van der Waals surface area (Å²) in [6, 6.07) is 12.3. The molecule has 0 atom stereocenters. The van der Waals surface area contributed by atoms with Crippen LogP contribution in [0.4, 0.5) is 0 Å². The van der Waals surface area contributed by atoms with Crippen molar-refractivity contribution in [2.75, 3.05) is 13.7 Å². The van der Waals surface area contributed by atoms with Crippen molar-refractivity contribution in [1.29, 1.82) is 0 Å². The van der Waals surface area contributed by atoms with Gasteiger partial charge < -0.3 is 4.74 Å². The van der Waals surface area contributed by atoms with Crippen LogP contribution in [-0.4, -0.2) is 36.3 Å². The Balaban J connectivity index is 1.59. The Labute approximate surface area is 175 Å². The number of fused-ring (bicyclic) bond motifs is 1. The smallest absolute Gasteiger partial charge is 0.243 e. The Morgan fingerprint density at radius 2 is 1.90 bits per heavy atom. The van der Waals surface area contributed by atoms with Gasteiger partial charge in [-0.1, -0.05) is 17.7 Å². The second-order valence-electron chi connectivity index (χ2n) is 6.89. The molecule has 0 saturated heterocycles. The second kappa shape index (κ2) is 7.74. The van der Waals surface area contributed by atoms with Crippen molar-refractivity contribution in [2.24, 2.45) is 0 Å². The molecule has 6 nitrogen and oxygen atoms in total. The zero-order valence-electron chi connectivity index (χ0n) is 16.1. The predicted molar refractivity (Wildman–Crippen MR) is 112 cm³/mol. The van der Waals surface area contributed by atoms with Crippen LogP contribution >= 0.6 is 11.6 Å². The molecule has 0 N–H and O–H groups in total. The van der Waals surface area contributed by atoms with Gasteiger partial charge in [-0.25, -0.2) is 18.4 Å². The van der Waals surface area contributed by atoms with Crippen LogP contribution in [0, 0.1) is 6.92 Å². The first-order valence-electron chi connectivity index (χ1n) is 9.14. The molecule has 0 spiro atoms. The maximum Gasteiger partial charge on any atom is 0.243 e. The minimum absolute atomic E-state index is 0.201. The average molecular weight is 430 g/mol. The first kappa shape index (κ1) is 19.8. The number of rotatable bonds is 4. The Bertz CT molecular complexity index is 1160. The van der Waals surface area contributed by atoms with E-state index in [9.17, 15) is 8.42 Å². The fraction of sp³-hybridized carbons (Fsp3) is 0.238. The van der Waals surface area contributed by atoms with Crippen molar-refractivity contribution in [2.45, 2.75) is 24.8 Å². The molecule has 0 bridgehead atoms. The van der Waals surface area contributed by atoms with E-state index in [1.165, 1.54) is 10.4 Å². The van der Waals surface area contributed by atoms with Gasteiger partial charge in [0.25, 0.3) is 0 Å². The van der Waals surface area contributed by atoms with Crippen LogP contribution in [0.15, 0.2) is 53.6 Å². The Morgan fingerprint density at radius 3 is 2.59 bits per heavy atom. The number of sulfonamides is 1. The molecule has 150 valence electrons. The maximum absolute atomic E-state index is 13.0. The van der Waals surface area contributed by atoms with Crippen molar-refractivity contribution in [3.63, 3.8) is 0 Å². The Morgan fingerprint density at radius 1 is 1.14 bits per heavy atom. The Hall–Kier alpha value is -2.48. The van der Waals surface area contributed by atoms with Gasteiger partial charge in [-0.2, -0.15) is 4.31 Å². The van der Waals surface area contributed by atoms with Crippen LogP contribution in [0.3, 0.4) is 0 Å². The molecule has 0 radical (unpaired) electrons. The molecular formula is C21H20ClN3O3S. The molecule has 1 aliphatic heterocycles. The van der Waals surface area contributed by atoms with Crippen LogP contribution in [0.2, 0.25) is 5.02 Å². The summed E-state index contributed by atoms with van der Waals surface area (Å²) in [6.45, 7) is 2.44. The van der Waals surface area contributed by atoms with Crippen LogP contribution in [0.25, 0.3) is 11.4 Å². The summed E-state index contributed by atoms with van der Waals surface area (Å²) in [6.07, 6.45) is 2.24. The van der Waals surface area contributed by atoms with E-state index in [0.717, 1.165) is 28.1 Å². The number of aryl methyl sites for hydroxylation is 1.